The third-order valence-electron chi connectivity index (χ3n) is 2.85. The Kier molecular flexibility index (Phi) is 5.53. The van der Waals surface area contributed by atoms with Crippen molar-refractivity contribution in [2.45, 2.75) is 20.0 Å². The van der Waals surface area contributed by atoms with Gasteiger partial charge in [-0.25, -0.2) is 10.9 Å². The topological polar surface area (TPSA) is 116 Å². The van der Waals surface area contributed by atoms with Gasteiger partial charge in [0.2, 0.25) is 17.7 Å². The van der Waals surface area contributed by atoms with E-state index < -0.39 is 17.9 Å². The number of nitrogens with one attached hydrogen (secondary N) is 3. The minimum atomic E-state index is -0.873. The predicted octanol–water partition coefficient (Wildman–Crippen LogP) is 2.03. The van der Waals surface area contributed by atoms with E-state index in [-0.39, 0.29) is 17.3 Å². The van der Waals surface area contributed by atoms with Gasteiger partial charge in [0.25, 0.3) is 0 Å². The number of amides is 2. The summed E-state index contributed by atoms with van der Waals surface area (Å²) in [6, 6.07) is 4.74. The van der Waals surface area contributed by atoms with E-state index in [1.807, 2.05) is 0 Å². The van der Waals surface area contributed by atoms with Crippen molar-refractivity contribution in [2.24, 2.45) is 10.2 Å². The maximum absolute atomic E-state index is 11.1. The number of hydrogen-bond acceptors (Lipinski definition) is 6. The fraction of sp³-hybridized carbons (Fsp3) is 0.214. The highest BCUT2D eigenvalue weighted by molar-refractivity contribution is 6.69. The average Bonchev–Trinajstić information content (AvgIpc) is 2.78. The Hall–Kier alpha value is -2.45. The van der Waals surface area contributed by atoms with Crippen LogP contribution in [0.4, 0.5) is 0 Å². The van der Waals surface area contributed by atoms with E-state index >= 15 is 0 Å². The predicted molar refractivity (Wildman–Crippen MR) is 90.5 cm³/mol. The number of hydrazone groups is 2. The van der Waals surface area contributed by atoms with Crippen LogP contribution >= 0.6 is 23.2 Å². The van der Waals surface area contributed by atoms with Gasteiger partial charge in [-0.15, -0.1) is 0 Å². The lowest BCUT2D eigenvalue weighted by Gasteiger charge is -2.12. The summed E-state index contributed by atoms with van der Waals surface area (Å²) in [5, 5.41) is 16.4. The molecule has 2 amide bonds. The van der Waals surface area contributed by atoms with Crippen molar-refractivity contribution in [2.75, 3.05) is 0 Å². The van der Waals surface area contributed by atoms with Gasteiger partial charge in [0.15, 0.2) is 11.8 Å². The molecule has 1 saturated heterocycles. The van der Waals surface area contributed by atoms with Crippen molar-refractivity contribution in [3.63, 3.8) is 0 Å². The van der Waals surface area contributed by atoms with Gasteiger partial charge in [0.1, 0.15) is 5.71 Å². The van der Waals surface area contributed by atoms with Gasteiger partial charge in [-0.1, -0.05) is 29.3 Å². The quantitative estimate of drug-likeness (QED) is 0.707. The maximum atomic E-state index is 11.1. The number of hydrogen-bond donors (Lipinski definition) is 3. The minimum Gasteiger partial charge on any atom is -0.461 e. The highest BCUT2D eigenvalue weighted by Crippen LogP contribution is 2.33. The van der Waals surface area contributed by atoms with Crippen LogP contribution < -0.4 is 10.9 Å². The molecule has 1 aliphatic rings. The number of carbonyl (C=O) groups excluding carboxylic acids is 2. The lowest BCUT2D eigenvalue weighted by atomic mass is 10.0. The summed E-state index contributed by atoms with van der Waals surface area (Å²) in [4.78, 5) is 22.2. The Morgan fingerprint density at radius 2 is 1.79 bits per heavy atom. The van der Waals surface area contributed by atoms with Crippen LogP contribution in [-0.4, -0.2) is 29.1 Å². The zero-order valence-electron chi connectivity index (χ0n) is 12.7. The third kappa shape index (κ3) is 4.09. The molecule has 0 aromatic heterocycles. The van der Waals surface area contributed by atoms with Crippen LogP contribution in [0.5, 0.6) is 0 Å². The maximum Gasteiger partial charge on any atom is 0.237 e. The largest absolute Gasteiger partial charge is 0.461 e. The number of ether oxygens (including phenoxy) is 1. The number of halogens is 2. The second-order valence-corrected chi connectivity index (χ2v) is 5.63. The fourth-order valence-electron chi connectivity index (χ4n) is 1.89. The second-order valence-electron chi connectivity index (χ2n) is 4.79. The summed E-state index contributed by atoms with van der Waals surface area (Å²) < 4.78 is 5.45. The monoisotopic (exact) mass is 369 g/mol. The summed E-state index contributed by atoms with van der Waals surface area (Å²) >= 11 is 12.1. The van der Waals surface area contributed by atoms with Crippen LogP contribution in [0.1, 0.15) is 25.5 Å². The summed E-state index contributed by atoms with van der Waals surface area (Å²) in [7, 11) is 0. The van der Waals surface area contributed by atoms with Crippen molar-refractivity contribution in [3.05, 3.63) is 33.8 Å². The molecule has 1 atom stereocenters. The molecule has 1 aromatic carbocycles. The first-order chi connectivity index (χ1) is 11.3. The van der Waals surface area contributed by atoms with Gasteiger partial charge in [-0.2, -0.15) is 10.2 Å². The zero-order chi connectivity index (χ0) is 17.9. The first-order valence-corrected chi connectivity index (χ1v) is 7.44. The molecule has 126 valence electrons. The molecule has 24 heavy (non-hydrogen) atoms. The molecule has 10 heteroatoms. The van der Waals surface area contributed by atoms with Crippen molar-refractivity contribution < 1.29 is 14.3 Å². The van der Waals surface area contributed by atoms with Crippen LogP contribution in [0, 0.1) is 5.41 Å². The summed E-state index contributed by atoms with van der Waals surface area (Å²) in [5.41, 5.74) is 5.08. The van der Waals surface area contributed by atoms with E-state index in [1.54, 1.807) is 12.1 Å². The standard InChI is InChI=1S/C14H13Cl2N5O3/c1-6(22)18-20-11-12(21-19-7(2)23)14(17)24-13(11)9-4-3-8(15)5-10(9)16/h3-5,13,17H,1-2H3,(H,18,22)(H,19,23). The van der Waals surface area contributed by atoms with E-state index in [0.717, 1.165) is 0 Å². The van der Waals surface area contributed by atoms with Gasteiger partial charge in [0, 0.05) is 29.5 Å². The third-order valence-corrected chi connectivity index (χ3v) is 3.41. The fourth-order valence-corrected chi connectivity index (χ4v) is 2.40. The Balaban J connectivity index is 2.48. The van der Waals surface area contributed by atoms with Crippen molar-refractivity contribution in [3.8, 4) is 0 Å². The lowest BCUT2D eigenvalue weighted by Crippen LogP contribution is -2.26. The van der Waals surface area contributed by atoms with E-state index in [4.69, 9.17) is 33.3 Å². The van der Waals surface area contributed by atoms with Crippen LogP contribution in [0.2, 0.25) is 10.0 Å². The Morgan fingerprint density at radius 1 is 1.17 bits per heavy atom. The van der Waals surface area contributed by atoms with Crippen molar-refractivity contribution >= 4 is 52.3 Å². The highest BCUT2D eigenvalue weighted by atomic mass is 35.5. The average molecular weight is 370 g/mol. The van der Waals surface area contributed by atoms with Crippen molar-refractivity contribution in [1.82, 2.24) is 10.9 Å². The molecule has 1 aliphatic heterocycles. The first-order valence-electron chi connectivity index (χ1n) is 6.69. The van der Waals surface area contributed by atoms with Crippen LogP contribution in [0.25, 0.3) is 0 Å². The highest BCUT2D eigenvalue weighted by Gasteiger charge is 2.38. The molecule has 2 rings (SSSR count). The molecule has 1 unspecified atom stereocenters. The van der Waals surface area contributed by atoms with Gasteiger partial charge >= 0.3 is 0 Å². The SMILES string of the molecule is CC(=O)NN=C1C(=N)OC(c2ccc(Cl)cc2Cl)C1=NNC(C)=O. The van der Waals surface area contributed by atoms with E-state index in [2.05, 4.69) is 21.1 Å². The number of rotatable bonds is 3. The Morgan fingerprint density at radius 3 is 2.38 bits per heavy atom. The molecule has 0 bridgehead atoms. The van der Waals surface area contributed by atoms with E-state index in [1.165, 1.54) is 19.9 Å². The first kappa shape index (κ1) is 17.9. The molecule has 0 aliphatic carbocycles. The van der Waals surface area contributed by atoms with E-state index in [0.29, 0.717) is 15.6 Å². The molecular weight excluding hydrogens is 357 g/mol. The zero-order valence-corrected chi connectivity index (χ0v) is 14.2. The summed E-state index contributed by atoms with van der Waals surface area (Å²) in [6.45, 7) is 2.54. The van der Waals surface area contributed by atoms with E-state index in [9.17, 15) is 9.59 Å². The lowest BCUT2D eigenvalue weighted by molar-refractivity contribution is -0.119. The summed E-state index contributed by atoms with van der Waals surface area (Å²) in [6.07, 6.45) is -0.873. The minimum absolute atomic E-state index is 0.0185. The number of carbonyl (C=O) groups is 2. The molecule has 8 nitrogen and oxygen atoms in total. The summed E-state index contributed by atoms with van der Waals surface area (Å²) in [5.74, 6) is -1.16. The van der Waals surface area contributed by atoms with Gasteiger partial charge < -0.3 is 4.74 Å². The normalized spacial score (nSPS) is 20.2. The molecular formula is C14H13Cl2N5O3. The van der Waals surface area contributed by atoms with Crippen molar-refractivity contribution in [1.29, 1.82) is 5.41 Å². The van der Waals surface area contributed by atoms with Gasteiger partial charge in [-0.05, 0) is 12.1 Å². The molecule has 3 N–H and O–H groups in total. The molecule has 0 spiro atoms. The van der Waals surface area contributed by atoms with Crippen LogP contribution in [0.3, 0.4) is 0 Å². The van der Waals surface area contributed by atoms with Crippen LogP contribution in [-0.2, 0) is 14.3 Å². The number of nitrogens with zero attached hydrogens (tertiary/aromatic N) is 2. The molecule has 1 fully saturated rings. The van der Waals surface area contributed by atoms with Gasteiger partial charge in [-0.3, -0.25) is 15.0 Å². The Bertz CT molecular complexity index is 776. The second kappa shape index (κ2) is 7.41. The molecule has 0 radical (unpaired) electrons. The Labute approximate surface area is 147 Å². The number of benzene rings is 1. The molecule has 1 aromatic rings. The smallest absolute Gasteiger partial charge is 0.237 e. The van der Waals surface area contributed by atoms with Gasteiger partial charge in [0.05, 0.1) is 0 Å². The molecule has 0 saturated carbocycles. The molecule has 1 heterocycles. The van der Waals surface area contributed by atoms with Crippen LogP contribution in [0.15, 0.2) is 28.4 Å².